The third kappa shape index (κ3) is 3.96. The van der Waals surface area contributed by atoms with Crippen LogP contribution in [0.5, 0.6) is 0 Å². The largest absolute Gasteiger partial charge is 0.336 e. The van der Waals surface area contributed by atoms with Crippen LogP contribution in [-0.4, -0.2) is 36.6 Å². The van der Waals surface area contributed by atoms with Crippen molar-refractivity contribution in [2.24, 2.45) is 5.73 Å². The predicted molar refractivity (Wildman–Crippen MR) is 59.2 cm³/mol. The fraction of sp³-hybridized carbons (Fsp3) is 0.900. The fourth-order valence-electron chi connectivity index (χ4n) is 1.03. The third-order valence-corrected chi connectivity index (χ3v) is 2.82. The minimum Gasteiger partial charge on any atom is -0.336 e. The second kappa shape index (κ2) is 5.86. The van der Waals surface area contributed by atoms with E-state index in [4.69, 9.17) is 5.73 Å². The minimum atomic E-state index is -0.260. The molecule has 4 heteroatoms. The molecule has 0 heterocycles. The smallest absolute Gasteiger partial charge is 0.317 e. The number of nitrogens with zero attached hydrogens (tertiary/aromatic N) is 1. The molecule has 0 bridgehead atoms. The van der Waals surface area contributed by atoms with Gasteiger partial charge in [0.1, 0.15) is 0 Å². The maximum absolute atomic E-state index is 11.4. The van der Waals surface area contributed by atoms with E-state index >= 15 is 0 Å². The first-order chi connectivity index (χ1) is 6.49. The molecule has 0 spiro atoms. The summed E-state index contributed by atoms with van der Waals surface area (Å²) in [5.41, 5.74) is 5.79. The number of amides is 2. The molecule has 84 valence electrons. The van der Waals surface area contributed by atoms with Crippen molar-refractivity contribution >= 4 is 6.03 Å². The van der Waals surface area contributed by atoms with Crippen molar-refractivity contribution in [2.75, 3.05) is 20.1 Å². The minimum absolute atomic E-state index is 0.0516. The van der Waals surface area contributed by atoms with Gasteiger partial charge in [-0.15, -0.1) is 0 Å². The molecule has 0 aliphatic heterocycles. The highest BCUT2D eigenvalue weighted by molar-refractivity contribution is 5.73. The van der Waals surface area contributed by atoms with E-state index in [2.05, 4.69) is 5.32 Å². The van der Waals surface area contributed by atoms with Gasteiger partial charge in [0.25, 0.3) is 0 Å². The van der Waals surface area contributed by atoms with Crippen molar-refractivity contribution in [1.82, 2.24) is 10.2 Å². The fourth-order valence-corrected chi connectivity index (χ4v) is 1.03. The van der Waals surface area contributed by atoms with Crippen LogP contribution in [0.25, 0.3) is 0 Å². The number of urea groups is 1. The first kappa shape index (κ1) is 13.2. The lowest BCUT2D eigenvalue weighted by Gasteiger charge is -2.28. The van der Waals surface area contributed by atoms with E-state index in [1.165, 1.54) is 0 Å². The van der Waals surface area contributed by atoms with Crippen molar-refractivity contribution < 1.29 is 4.79 Å². The van der Waals surface area contributed by atoms with Crippen molar-refractivity contribution in [3.05, 3.63) is 0 Å². The van der Waals surface area contributed by atoms with Gasteiger partial charge in [-0.2, -0.15) is 0 Å². The van der Waals surface area contributed by atoms with Crippen molar-refractivity contribution in [3.8, 4) is 0 Å². The molecule has 14 heavy (non-hydrogen) atoms. The Balaban J connectivity index is 3.98. The molecule has 0 saturated heterocycles. The summed E-state index contributed by atoms with van der Waals surface area (Å²) in [4.78, 5) is 13.0. The van der Waals surface area contributed by atoms with Crippen molar-refractivity contribution in [3.63, 3.8) is 0 Å². The first-order valence-corrected chi connectivity index (χ1v) is 5.27. The van der Waals surface area contributed by atoms with Crippen LogP contribution in [0, 0.1) is 0 Å². The molecular formula is C10H23N3O. The zero-order valence-electron chi connectivity index (χ0n) is 9.76. The Hall–Kier alpha value is -0.770. The van der Waals surface area contributed by atoms with Crippen molar-refractivity contribution in [2.45, 2.75) is 39.2 Å². The van der Waals surface area contributed by atoms with E-state index < -0.39 is 0 Å². The summed E-state index contributed by atoms with van der Waals surface area (Å²) in [5, 5.41) is 2.84. The van der Waals surface area contributed by atoms with Crippen LogP contribution in [0.1, 0.15) is 33.6 Å². The molecule has 0 aliphatic rings. The SMILES string of the molecule is CCN(C)C(=O)NCC(N)(CC)CC. The lowest BCUT2D eigenvalue weighted by atomic mass is 9.94. The average Bonchev–Trinajstić information content (AvgIpc) is 2.24. The van der Waals surface area contributed by atoms with Gasteiger partial charge in [0.2, 0.25) is 0 Å². The summed E-state index contributed by atoms with van der Waals surface area (Å²) in [6.45, 7) is 7.28. The molecule has 2 amide bonds. The highest BCUT2D eigenvalue weighted by atomic mass is 16.2. The number of nitrogens with one attached hydrogen (secondary N) is 1. The summed E-state index contributed by atoms with van der Waals surface area (Å²) in [5.74, 6) is 0. The van der Waals surface area contributed by atoms with Gasteiger partial charge in [0, 0.05) is 25.7 Å². The Morgan fingerprint density at radius 3 is 2.21 bits per heavy atom. The highest BCUT2D eigenvalue weighted by Crippen LogP contribution is 2.09. The summed E-state index contributed by atoms with van der Waals surface area (Å²) in [7, 11) is 1.77. The van der Waals surface area contributed by atoms with E-state index in [9.17, 15) is 4.79 Å². The van der Waals surface area contributed by atoms with Gasteiger partial charge in [-0.1, -0.05) is 13.8 Å². The van der Waals surface area contributed by atoms with Gasteiger partial charge in [0.05, 0.1) is 0 Å². The monoisotopic (exact) mass is 201 g/mol. The normalized spacial score (nSPS) is 11.2. The van der Waals surface area contributed by atoms with Crippen LogP contribution in [-0.2, 0) is 0 Å². The lowest BCUT2D eigenvalue weighted by Crippen LogP contribution is -2.51. The van der Waals surface area contributed by atoms with Gasteiger partial charge >= 0.3 is 6.03 Å². The Morgan fingerprint density at radius 2 is 1.86 bits per heavy atom. The Labute approximate surface area is 86.8 Å². The topological polar surface area (TPSA) is 58.4 Å². The molecule has 0 aromatic rings. The molecule has 0 atom stereocenters. The number of hydrogen-bond donors (Lipinski definition) is 2. The van der Waals surface area contributed by atoms with Gasteiger partial charge < -0.3 is 16.0 Å². The highest BCUT2D eigenvalue weighted by Gasteiger charge is 2.21. The van der Waals surface area contributed by atoms with E-state index in [1.807, 2.05) is 20.8 Å². The van der Waals surface area contributed by atoms with E-state index in [1.54, 1.807) is 11.9 Å². The molecular weight excluding hydrogens is 178 g/mol. The average molecular weight is 201 g/mol. The molecule has 3 N–H and O–H groups in total. The van der Waals surface area contributed by atoms with Gasteiger partial charge in [-0.3, -0.25) is 0 Å². The summed E-state index contributed by atoms with van der Waals surface area (Å²) in [6.07, 6.45) is 1.75. The van der Waals surface area contributed by atoms with Crippen LogP contribution in [0.15, 0.2) is 0 Å². The second-order valence-corrected chi connectivity index (χ2v) is 3.74. The zero-order valence-corrected chi connectivity index (χ0v) is 9.76. The van der Waals surface area contributed by atoms with Crippen LogP contribution < -0.4 is 11.1 Å². The maximum atomic E-state index is 11.4. The van der Waals surface area contributed by atoms with Crippen LogP contribution in [0.4, 0.5) is 4.79 Å². The number of carbonyl (C=O) groups is 1. The van der Waals surface area contributed by atoms with Gasteiger partial charge in [0.15, 0.2) is 0 Å². The Morgan fingerprint density at radius 1 is 1.36 bits per heavy atom. The summed E-state index contributed by atoms with van der Waals surface area (Å²) < 4.78 is 0. The quantitative estimate of drug-likeness (QED) is 0.701. The molecule has 0 aliphatic carbocycles. The Kier molecular flexibility index (Phi) is 5.53. The lowest BCUT2D eigenvalue weighted by molar-refractivity contribution is 0.206. The Bertz CT molecular complexity index is 178. The molecule has 0 rings (SSSR count). The summed E-state index contributed by atoms with van der Waals surface area (Å²) >= 11 is 0. The van der Waals surface area contributed by atoms with Crippen LogP contribution in [0.3, 0.4) is 0 Å². The number of nitrogens with two attached hydrogens (primary N) is 1. The third-order valence-electron chi connectivity index (χ3n) is 2.82. The molecule has 0 radical (unpaired) electrons. The molecule has 0 saturated carbocycles. The number of carbonyl (C=O) groups excluding carboxylic acids is 1. The summed E-state index contributed by atoms with van der Waals surface area (Å²) in [6, 6.07) is -0.0516. The van der Waals surface area contributed by atoms with E-state index in [0.717, 1.165) is 12.8 Å². The predicted octanol–water partition coefficient (Wildman–Crippen LogP) is 1.17. The van der Waals surface area contributed by atoms with Gasteiger partial charge in [-0.25, -0.2) is 4.79 Å². The zero-order chi connectivity index (χ0) is 11.2. The number of hydrogen-bond acceptors (Lipinski definition) is 2. The standard InChI is InChI=1S/C10H23N3O/c1-5-10(11,6-2)8-12-9(14)13(4)7-3/h5-8,11H2,1-4H3,(H,12,14). The molecule has 0 fully saturated rings. The maximum Gasteiger partial charge on any atom is 0.317 e. The molecule has 0 unspecified atom stereocenters. The number of rotatable bonds is 5. The first-order valence-electron chi connectivity index (χ1n) is 5.27. The molecule has 0 aromatic heterocycles. The van der Waals surface area contributed by atoms with Gasteiger partial charge in [-0.05, 0) is 19.8 Å². The van der Waals surface area contributed by atoms with E-state index in [-0.39, 0.29) is 11.6 Å². The van der Waals surface area contributed by atoms with Crippen LogP contribution in [0.2, 0.25) is 0 Å². The van der Waals surface area contributed by atoms with Crippen LogP contribution >= 0.6 is 0 Å². The second-order valence-electron chi connectivity index (χ2n) is 3.74. The van der Waals surface area contributed by atoms with Crippen molar-refractivity contribution in [1.29, 1.82) is 0 Å². The molecule has 4 nitrogen and oxygen atoms in total. The van der Waals surface area contributed by atoms with E-state index in [0.29, 0.717) is 13.1 Å². The molecule has 0 aromatic carbocycles.